The average molecular weight is 255 g/mol. The maximum absolute atomic E-state index is 5.62. The molecule has 3 nitrogen and oxygen atoms in total. The predicted molar refractivity (Wildman–Crippen MR) is 82.1 cm³/mol. The van der Waals surface area contributed by atoms with Crippen molar-refractivity contribution in [1.29, 1.82) is 0 Å². The van der Waals surface area contributed by atoms with Crippen molar-refractivity contribution in [3.8, 4) is 0 Å². The van der Waals surface area contributed by atoms with E-state index in [-0.39, 0.29) is 0 Å². The summed E-state index contributed by atoms with van der Waals surface area (Å²) in [6, 6.07) is 16.5. The van der Waals surface area contributed by atoms with E-state index < -0.39 is 0 Å². The zero-order valence-electron chi connectivity index (χ0n) is 11.5. The third-order valence-electron chi connectivity index (χ3n) is 3.09. The summed E-state index contributed by atoms with van der Waals surface area (Å²) >= 11 is 0. The van der Waals surface area contributed by atoms with Crippen molar-refractivity contribution in [2.24, 2.45) is 5.73 Å². The van der Waals surface area contributed by atoms with Crippen molar-refractivity contribution in [1.82, 2.24) is 0 Å². The van der Waals surface area contributed by atoms with E-state index in [1.54, 1.807) is 0 Å². The fourth-order valence-corrected chi connectivity index (χ4v) is 1.87. The van der Waals surface area contributed by atoms with Crippen molar-refractivity contribution >= 4 is 11.4 Å². The highest BCUT2D eigenvalue weighted by molar-refractivity contribution is 5.54. The summed E-state index contributed by atoms with van der Waals surface area (Å²) in [4.78, 5) is 0. The van der Waals surface area contributed by atoms with Crippen LogP contribution in [0.25, 0.3) is 0 Å². The largest absolute Gasteiger partial charge is 0.326 e. The van der Waals surface area contributed by atoms with E-state index in [2.05, 4.69) is 49.0 Å². The summed E-state index contributed by atoms with van der Waals surface area (Å²) in [5.41, 5.74) is 16.5. The number of anilines is 2. The number of nitrogens with one attached hydrogen (secondary N) is 2. The Morgan fingerprint density at radius 1 is 0.947 bits per heavy atom. The Morgan fingerprint density at radius 3 is 2.26 bits per heavy atom. The molecule has 0 saturated heterocycles. The van der Waals surface area contributed by atoms with Gasteiger partial charge in [0.2, 0.25) is 0 Å². The Kier molecular flexibility index (Phi) is 4.42. The van der Waals surface area contributed by atoms with Gasteiger partial charge in [-0.1, -0.05) is 38.1 Å². The van der Waals surface area contributed by atoms with Gasteiger partial charge in [-0.2, -0.15) is 0 Å². The minimum atomic E-state index is 0.554. The number of hydrazine groups is 1. The molecule has 19 heavy (non-hydrogen) atoms. The van der Waals surface area contributed by atoms with Crippen LogP contribution in [0.2, 0.25) is 0 Å². The molecule has 0 heterocycles. The molecule has 0 aliphatic rings. The summed E-state index contributed by atoms with van der Waals surface area (Å²) < 4.78 is 0. The SMILES string of the molecule is CC(C)c1ccc(NNc2cccc(CN)c2)cc1. The van der Waals surface area contributed by atoms with Gasteiger partial charge < -0.3 is 16.6 Å². The molecule has 0 radical (unpaired) electrons. The summed E-state index contributed by atoms with van der Waals surface area (Å²) in [6.07, 6.45) is 0. The van der Waals surface area contributed by atoms with E-state index in [1.807, 2.05) is 24.3 Å². The van der Waals surface area contributed by atoms with Gasteiger partial charge in [-0.25, -0.2) is 0 Å². The van der Waals surface area contributed by atoms with Gasteiger partial charge in [-0.15, -0.1) is 0 Å². The van der Waals surface area contributed by atoms with Crippen LogP contribution >= 0.6 is 0 Å². The monoisotopic (exact) mass is 255 g/mol. The van der Waals surface area contributed by atoms with Crippen molar-refractivity contribution in [2.75, 3.05) is 10.9 Å². The minimum Gasteiger partial charge on any atom is -0.326 e. The second-order valence-corrected chi connectivity index (χ2v) is 4.93. The molecular formula is C16H21N3. The molecule has 0 saturated carbocycles. The molecule has 0 aliphatic heterocycles. The van der Waals surface area contributed by atoms with Crippen molar-refractivity contribution < 1.29 is 0 Å². The molecule has 0 aromatic heterocycles. The van der Waals surface area contributed by atoms with Gasteiger partial charge in [0.1, 0.15) is 0 Å². The average Bonchev–Trinajstić information content (AvgIpc) is 2.46. The molecule has 2 aromatic carbocycles. The molecule has 2 rings (SSSR count). The van der Waals surface area contributed by atoms with Crippen LogP contribution < -0.4 is 16.6 Å². The Labute approximate surface area is 114 Å². The number of hydrogen-bond acceptors (Lipinski definition) is 3. The molecule has 0 atom stereocenters. The normalized spacial score (nSPS) is 10.5. The molecule has 3 heteroatoms. The minimum absolute atomic E-state index is 0.554. The van der Waals surface area contributed by atoms with Gasteiger partial charge in [0.25, 0.3) is 0 Å². The van der Waals surface area contributed by atoms with Gasteiger partial charge in [0.15, 0.2) is 0 Å². The van der Waals surface area contributed by atoms with Crippen molar-refractivity contribution in [3.05, 3.63) is 59.7 Å². The van der Waals surface area contributed by atoms with Gasteiger partial charge >= 0.3 is 0 Å². The van der Waals surface area contributed by atoms with E-state index in [9.17, 15) is 0 Å². The van der Waals surface area contributed by atoms with Gasteiger partial charge in [0.05, 0.1) is 11.4 Å². The first-order valence-corrected chi connectivity index (χ1v) is 6.60. The Bertz CT molecular complexity index is 518. The van der Waals surface area contributed by atoms with Crippen LogP contribution in [0.1, 0.15) is 30.9 Å². The molecule has 0 aliphatic carbocycles. The number of nitrogens with two attached hydrogens (primary N) is 1. The summed E-state index contributed by atoms with van der Waals surface area (Å²) in [6.45, 7) is 4.94. The maximum Gasteiger partial charge on any atom is 0.0543 e. The van der Waals surface area contributed by atoms with Crippen LogP contribution in [0.15, 0.2) is 48.5 Å². The molecule has 0 fully saturated rings. The van der Waals surface area contributed by atoms with Gasteiger partial charge in [0, 0.05) is 6.54 Å². The Morgan fingerprint density at radius 2 is 1.63 bits per heavy atom. The van der Waals surface area contributed by atoms with E-state index >= 15 is 0 Å². The highest BCUT2D eigenvalue weighted by atomic mass is 15.4. The first-order valence-electron chi connectivity index (χ1n) is 6.60. The summed E-state index contributed by atoms with van der Waals surface area (Å²) in [7, 11) is 0. The Hall–Kier alpha value is -2.00. The van der Waals surface area contributed by atoms with Crippen molar-refractivity contribution in [2.45, 2.75) is 26.3 Å². The topological polar surface area (TPSA) is 50.1 Å². The number of rotatable bonds is 5. The second kappa shape index (κ2) is 6.25. The zero-order valence-corrected chi connectivity index (χ0v) is 11.5. The molecule has 2 aromatic rings. The zero-order chi connectivity index (χ0) is 13.7. The molecule has 0 amide bonds. The van der Waals surface area contributed by atoms with Crippen LogP contribution in [0.4, 0.5) is 11.4 Å². The molecule has 0 spiro atoms. The first-order chi connectivity index (χ1) is 9.19. The molecule has 0 bridgehead atoms. The summed E-state index contributed by atoms with van der Waals surface area (Å²) in [5.74, 6) is 0.559. The highest BCUT2D eigenvalue weighted by Gasteiger charge is 1.99. The third kappa shape index (κ3) is 3.73. The molecule has 4 N–H and O–H groups in total. The standard InChI is InChI=1S/C16H21N3/c1-12(2)14-6-8-15(9-7-14)18-19-16-5-3-4-13(10-16)11-17/h3-10,12,18-19H,11,17H2,1-2H3. The quantitative estimate of drug-likeness (QED) is 0.714. The number of benzene rings is 2. The lowest BCUT2D eigenvalue weighted by Gasteiger charge is -2.12. The third-order valence-corrected chi connectivity index (χ3v) is 3.09. The fourth-order valence-electron chi connectivity index (χ4n) is 1.87. The smallest absolute Gasteiger partial charge is 0.0543 e. The molecular weight excluding hydrogens is 234 g/mol. The maximum atomic E-state index is 5.62. The lowest BCUT2D eigenvalue weighted by molar-refractivity contribution is 0.867. The summed E-state index contributed by atoms with van der Waals surface area (Å²) in [5, 5.41) is 0. The van der Waals surface area contributed by atoms with E-state index in [0.717, 1.165) is 16.9 Å². The predicted octanol–water partition coefficient (Wildman–Crippen LogP) is 3.71. The van der Waals surface area contributed by atoms with Gasteiger partial charge in [-0.05, 0) is 41.3 Å². The number of hydrogen-bond donors (Lipinski definition) is 3. The van der Waals surface area contributed by atoms with Gasteiger partial charge in [-0.3, -0.25) is 0 Å². The van der Waals surface area contributed by atoms with Crippen LogP contribution in [-0.2, 0) is 6.54 Å². The van der Waals surface area contributed by atoms with E-state index in [4.69, 9.17) is 5.73 Å². The van der Waals surface area contributed by atoms with Crippen LogP contribution in [0.5, 0.6) is 0 Å². The van der Waals surface area contributed by atoms with Crippen LogP contribution in [0.3, 0.4) is 0 Å². The first kappa shape index (κ1) is 13.4. The van der Waals surface area contributed by atoms with E-state index in [1.165, 1.54) is 5.56 Å². The second-order valence-electron chi connectivity index (χ2n) is 4.93. The fraction of sp³-hybridized carbons (Fsp3) is 0.250. The van der Waals surface area contributed by atoms with E-state index in [0.29, 0.717) is 12.5 Å². The van der Waals surface area contributed by atoms with Crippen molar-refractivity contribution in [3.63, 3.8) is 0 Å². The van der Waals surface area contributed by atoms with Crippen LogP contribution in [0, 0.1) is 0 Å². The van der Waals surface area contributed by atoms with Crippen LogP contribution in [-0.4, -0.2) is 0 Å². The highest BCUT2D eigenvalue weighted by Crippen LogP contribution is 2.17. The molecule has 0 unspecified atom stereocenters. The Balaban J connectivity index is 1.98. The molecule has 100 valence electrons. The lowest BCUT2D eigenvalue weighted by atomic mass is 10.0. The lowest BCUT2D eigenvalue weighted by Crippen LogP contribution is -2.09.